The number of nitrogens with zero attached hydrogens (tertiary/aromatic N) is 2. The number of hydrogen-bond donors (Lipinski definition) is 1. The van der Waals surface area contributed by atoms with Crippen LogP contribution in [0.15, 0.2) is 75.0 Å². The van der Waals surface area contributed by atoms with Gasteiger partial charge in [0.05, 0.1) is 36.0 Å². The van der Waals surface area contributed by atoms with Crippen LogP contribution < -0.4 is 15.0 Å². The van der Waals surface area contributed by atoms with E-state index in [0.717, 1.165) is 22.1 Å². The molecule has 1 amide bonds. The fourth-order valence-corrected chi connectivity index (χ4v) is 5.58. The quantitative estimate of drug-likeness (QED) is 0.299. The number of fused-ring (bicyclic) bond motifs is 1. The van der Waals surface area contributed by atoms with Crippen molar-refractivity contribution in [2.75, 3.05) is 14.2 Å². The van der Waals surface area contributed by atoms with Gasteiger partial charge in [0.1, 0.15) is 0 Å². The number of aromatic amines is 1. The fourth-order valence-electron chi connectivity index (χ4n) is 4.79. The maximum absolute atomic E-state index is 13.5. The number of pyridine rings is 1. The molecule has 7 nitrogen and oxygen atoms in total. The number of halogens is 2. The first-order chi connectivity index (χ1) is 17.8. The minimum atomic E-state index is -0.443. The van der Waals surface area contributed by atoms with Crippen LogP contribution in [-0.2, 0) is 4.79 Å². The summed E-state index contributed by atoms with van der Waals surface area (Å²) in [6.07, 6.45) is 0.330. The van der Waals surface area contributed by atoms with Crippen LogP contribution in [0.3, 0.4) is 0 Å². The number of H-pyrrole nitrogens is 1. The number of hydrazone groups is 1. The summed E-state index contributed by atoms with van der Waals surface area (Å²) < 4.78 is 11.6. The van der Waals surface area contributed by atoms with E-state index in [2.05, 4.69) is 26.0 Å². The van der Waals surface area contributed by atoms with E-state index in [0.29, 0.717) is 44.2 Å². The van der Waals surface area contributed by atoms with Crippen LogP contribution in [-0.4, -0.2) is 35.8 Å². The Morgan fingerprint density at radius 3 is 2.51 bits per heavy atom. The van der Waals surface area contributed by atoms with Crippen molar-refractivity contribution in [2.45, 2.75) is 19.4 Å². The first-order valence-corrected chi connectivity index (χ1v) is 12.7. The second kappa shape index (κ2) is 10.0. The van der Waals surface area contributed by atoms with E-state index in [1.165, 1.54) is 11.9 Å². The van der Waals surface area contributed by atoms with Crippen molar-refractivity contribution >= 4 is 50.1 Å². The first-order valence-electron chi connectivity index (χ1n) is 11.5. The second-order valence-electron chi connectivity index (χ2n) is 8.63. The van der Waals surface area contributed by atoms with Gasteiger partial charge in [0.2, 0.25) is 5.91 Å². The smallest absolute Gasteiger partial charge is 0.258 e. The van der Waals surface area contributed by atoms with Crippen molar-refractivity contribution in [3.05, 3.63) is 91.6 Å². The van der Waals surface area contributed by atoms with Gasteiger partial charge in [0.15, 0.2) is 11.5 Å². The SMILES string of the molecule is COc1cc(C2CC(c3c(-c4ccccc4)c4cc(Cl)ccc4[nH]c3=O)=NN2C(C)=O)cc(Br)c1OC. The average molecular weight is 581 g/mol. The van der Waals surface area contributed by atoms with Crippen molar-refractivity contribution in [1.29, 1.82) is 0 Å². The number of rotatable bonds is 5. The molecule has 3 aromatic carbocycles. The Labute approximate surface area is 226 Å². The van der Waals surface area contributed by atoms with Crippen LogP contribution in [0.25, 0.3) is 22.0 Å². The molecular formula is C28H23BrClN3O4. The molecule has 0 saturated carbocycles. The Morgan fingerprint density at radius 2 is 1.84 bits per heavy atom. The molecule has 188 valence electrons. The van der Waals surface area contributed by atoms with E-state index in [9.17, 15) is 9.59 Å². The molecule has 9 heteroatoms. The van der Waals surface area contributed by atoms with Crippen molar-refractivity contribution in [2.24, 2.45) is 5.10 Å². The lowest BCUT2D eigenvalue weighted by molar-refractivity contribution is -0.130. The summed E-state index contributed by atoms with van der Waals surface area (Å²) in [5.41, 5.74) is 3.66. The molecule has 0 radical (unpaired) electrons. The number of aromatic nitrogens is 1. The lowest BCUT2D eigenvalue weighted by Gasteiger charge is -2.22. The largest absolute Gasteiger partial charge is 0.493 e. The Bertz CT molecular complexity index is 1620. The third-order valence-corrected chi connectivity index (χ3v) is 7.23. The molecule has 37 heavy (non-hydrogen) atoms. The van der Waals surface area contributed by atoms with E-state index in [1.807, 2.05) is 48.5 Å². The molecule has 1 aliphatic rings. The van der Waals surface area contributed by atoms with E-state index in [-0.39, 0.29) is 11.5 Å². The molecule has 1 N–H and O–H groups in total. The summed E-state index contributed by atoms with van der Waals surface area (Å²) >= 11 is 9.90. The zero-order chi connectivity index (χ0) is 26.3. The van der Waals surface area contributed by atoms with E-state index < -0.39 is 6.04 Å². The Morgan fingerprint density at radius 1 is 1.08 bits per heavy atom. The maximum atomic E-state index is 13.5. The number of carbonyl (C=O) groups is 1. The molecule has 0 bridgehead atoms. The highest BCUT2D eigenvalue weighted by atomic mass is 79.9. The summed E-state index contributed by atoms with van der Waals surface area (Å²) in [4.78, 5) is 29.2. The topological polar surface area (TPSA) is 84.0 Å². The summed E-state index contributed by atoms with van der Waals surface area (Å²) in [5.74, 6) is 0.827. The molecule has 2 heterocycles. The summed E-state index contributed by atoms with van der Waals surface area (Å²) in [6.45, 7) is 1.46. The molecule has 4 aromatic rings. The minimum absolute atomic E-state index is 0.243. The van der Waals surface area contributed by atoms with Gasteiger partial charge in [0.25, 0.3) is 5.56 Å². The Hall–Kier alpha value is -3.62. The number of methoxy groups -OCH3 is 2. The van der Waals surface area contributed by atoms with Gasteiger partial charge in [-0.3, -0.25) is 9.59 Å². The van der Waals surface area contributed by atoms with Crippen molar-refractivity contribution in [3.8, 4) is 22.6 Å². The third-order valence-electron chi connectivity index (χ3n) is 6.40. The van der Waals surface area contributed by atoms with E-state index in [1.54, 1.807) is 26.4 Å². The maximum Gasteiger partial charge on any atom is 0.258 e. The number of hydrogen-bond acceptors (Lipinski definition) is 5. The number of carbonyl (C=O) groups excluding carboxylic acids is 1. The highest BCUT2D eigenvalue weighted by Gasteiger charge is 2.35. The highest BCUT2D eigenvalue weighted by Crippen LogP contribution is 2.42. The number of nitrogens with one attached hydrogen (secondary N) is 1. The van der Waals surface area contributed by atoms with Gasteiger partial charge >= 0.3 is 0 Å². The highest BCUT2D eigenvalue weighted by molar-refractivity contribution is 9.10. The number of benzene rings is 3. The van der Waals surface area contributed by atoms with Crippen LogP contribution in [0, 0.1) is 0 Å². The first kappa shape index (κ1) is 25.0. The average Bonchev–Trinajstić information content (AvgIpc) is 3.33. The lowest BCUT2D eigenvalue weighted by Crippen LogP contribution is -2.24. The number of ether oxygens (including phenoxy) is 2. The number of amides is 1. The summed E-state index contributed by atoms with van der Waals surface area (Å²) in [6, 6.07) is 18.3. The van der Waals surface area contributed by atoms with Crippen LogP contribution in [0.4, 0.5) is 0 Å². The molecular weight excluding hydrogens is 558 g/mol. The predicted octanol–water partition coefficient (Wildman–Crippen LogP) is 6.33. The van der Waals surface area contributed by atoms with Gasteiger partial charge in [-0.05, 0) is 57.4 Å². The van der Waals surface area contributed by atoms with E-state index in [4.69, 9.17) is 21.1 Å². The fraction of sp³-hybridized carbons (Fsp3) is 0.179. The zero-order valence-electron chi connectivity index (χ0n) is 20.3. The minimum Gasteiger partial charge on any atom is -0.493 e. The van der Waals surface area contributed by atoms with E-state index >= 15 is 0 Å². The van der Waals surface area contributed by atoms with Crippen molar-refractivity contribution in [1.82, 2.24) is 9.99 Å². The van der Waals surface area contributed by atoms with Gasteiger partial charge < -0.3 is 14.5 Å². The van der Waals surface area contributed by atoms with Crippen molar-refractivity contribution in [3.63, 3.8) is 0 Å². The molecule has 0 fully saturated rings. The molecule has 1 atom stereocenters. The van der Waals surface area contributed by atoms with Crippen LogP contribution in [0.1, 0.15) is 30.5 Å². The molecule has 0 spiro atoms. The molecule has 5 rings (SSSR count). The van der Waals surface area contributed by atoms with Crippen LogP contribution in [0.5, 0.6) is 11.5 Å². The molecule has 1 aliphatic heterocycles. The van der Waals surface area contributed by atoms with Crippen molar-refractivity contribution < 1.29 is 14.3 Å². The normalized spacial score (nSPS) is 15.1. The second-order valence-corrected chi connectivity index (χ2v) is 9.92. The molecule has 1 unspecified atom stereocenters. The van der Waals surface area contributed by atoms with Gasteiger partial charge in [-0.25, -0.2) is 5.01 Å². The Balaban J connectivity index is 1.71. The van der Waals surface area contributed by atoms with Crippen LogP contribution in [0.2, 0.25) is 5.02 Å². The van der Waals surface area contributed by atoms with Gasteiger partial charge in [-0.2, -0.15) is 5.10 Å². The molecule has 0 aliphatic carbocycles. The molecule has 1 aromatic heterocycles. The Kier molecular flexibility index (Phi) is 6.79. The van der Waals surface area contributed by atoms with Gasteiger partial charge in [-0.15, -0.1) is 0 Å². The summed E-state index contributed by atoms with van der Waals surface area (Å²) in [5, 5.41) is 7.44. The third kappa shape index (κ3) is 4.51. The van der Waals surface area contributed by atoms with Gasteiger partial charge in [-0.1, -0.05) is 41.9 Å². The monoisotopic (exact) mass is 579 g/mol. The lowest BCUT2D eigenvalue weighted by atomic mass is 9.91. The zero-order valence-corrected chi connectivity index (χ0v) is 22.7. The van der Waals surface area contributed by atoms with Gasteiger partial charge in [0, 0.05) is 34.8 Å². The van der Waals surface area contributed by atoms with Crippen LogP contribution >= 0.6 is 27.5 Å². The summed E-state index contributed by atoms with van der Waals surface area (Å²) in [7, 11) is 3.11. The predicted molar refractivity (Wildman–Crippen MR) is 149 cm³/mol. The standard InChI is InChI=1S/C28H23BrClN3O4/c1-15(34)33-23(17-11-20(29)27(37-3)24(12-17)36-2)14-22(32-33)26-25(16-7-5-4-6-8-16)19-13-18(30)9-10-21(19)31-28(26)35/h4-13,23H,14H2,1-3H3,(H,31,35). The molecule has 0 saturated heterocycles.